The first-order valence-corrected chi connectivity index (χ1v) is 8.30. The van der Waals surface area contributed by atoms with Gasteiger partial charge in [0.15, 0.2) is 0 Å². The largest absolute Gasteiger partial charge is 0.378 e. The van der Waals surface area contributed by atoms with Crippen molar-refractivity contribution in [2.45, 2.75) is 4.90 Å². The first-order chi connectivity index (χ1) is 10.6. The van der Waals surface area contributed by atoms with Crippen molar-refractivity contribution in [1.29, 1.82) is 0 Å². The van der Waals surface area contributed by atoms with E-state index in [4.69, 9.17) is 0 Å². The van der Waals surface area contributed by atoms with Gasteiger partial charge in [-0.05, 0) is 35.9 Å². The monoisotopic (exact) mass is 310 g/mol. The van der Waals surface area contributed by atoms with Crippen LogP contribution in [0.2, 0.25) is 0 Å². The standard InChI is InChI=1S/C18H18N2OS/c1-20(2)13-9-8-12-10-16(19-18(21)15(12)11-13)14-6-4-5-7-17(14)22-3/h4-11H,1-3H3,(H,19,21). The number of nitrogens with zero attached hydrogens (tertiary/aromatic N) is 1. The summed E-state index contributed by atoms with van der Waals surface area (Å²) in [5, 5.41) is 1.68. The number of aromatic amines is 1. The van der Waals surface area contributed by atoms with Gasteiger partial charge in [-0.15, -0.1) is 11.8 Å². The molecule has 0 unspecified atom stereocenters. The summed E-state index contributed by atoms with van der Waals surface area (Å²) >= 11 is 1.68. The van der Waals surface area contributed by atoms with Gasteiger partial charge in [-0.25, -0.2) is 0 Å². The Kier molecular flexibility index (Phi) is 3.94. The normalized spacial score (nSPS) is 10.9. The van der Waals surface area contributed by atoms with Crippen molar-refractivity contribution in [1.82, 2.24) is 4.98 Å². The number of benzene rings is 2. The summed E-state index contributed by atoms with van der Waals surface area (Å²) in [4.78, 5) is 18.6. The summed E-state index contributed by atoms with van der Waals surface area (Å²) in [6, 6.07) is 16.1. The molecule has 3 rings (SSSR count). The van der Waals surface area contributed by atoms with Gasteiger partial charge in [-0.2, -0.15) is 0 Å². The quantitative estimate of drug-likeness (QED) is 0.743. The fraction of sp³-hybridized carbons (Fsp3) is 0.167. The van der Waals surface area contributed by atoms with Crippen LogP contribution in [0.25, 0.3) is 22.0 Å². The van der Waals surface area contributed by atoms with E-state index in [0.29, 0.717) is 0 Å². The molecule has 3 nitrogen and oxygen atoms in total. The van der Waals surface area contributed by atoms with Gasteiger partial charge in [0.1, 0.15) is 0 Å². The van der Waals surface area contributed by atoms with E-state index in [9.17, 15) is 4.79 Å². The third-order valence-electron chi connectivity index (χ3n) is 3.74. The van der Waals surface area contributed by atoms with Crippen LogP contribution < -0.4 is 10.5 Å². The van der Waals surface area contributed by atoms with Crippen LogP contribution in [0.1, 0.15) is 0 Å². The summed E-state index contributed by atoms with van der Waals surface area (Å²) in [5.41, 5.74) is 2.90. The van der Waals surface area contributed by atoms with Crippen molar-refractivity contribution in [3.8, 4) is 11.3 Å². The zero-order valence-electron chi connectivity index (χ0n) is 12.9. The Morgan fingerprint density at radius 2 is 1.82 bits per heavy atom. The maximum Gasteiger partial charge on any atom is 0.256 e. The molecule has 3 aromatic rings. The molecule has 0 spiro atoms. The van der Waals surface area contributed by atoms with Crippen LogP contribution in [0.4, 0.5) is 5.69 Å². The molecular weight excluding hydrogens is 292 g/mol. The van der Waals surface area contributed by atoms with Crippen LogP contribution >= 0.6 is 11.8 Å². The molecule has 0 saturated heterocycles. The number of hydrogen-bond donors (Lipinski definition) is 1. The van der Waals surface area contributed by atoms with E-state index in [1.54, 1.807) is 11.8 Å². The second-order valence-corrected chi connectivity index (χ2v) is 6.23. The van der Waals surface area contributed by atoms with E-state index in [2.05, 4.69) is 11.1 Å². The zero-order valence-corrected chi connectivity index (χ0v) is 13.7. The average Bonchev–Trinajstić information content (AvgIpc) is 2.54. The molecule has 1 aromatic heterocycles. The van der Waals surface area contributed by atoms with E-state index in [0.717, 1.165) is 32.6 Å². The first-order valence-electron chi connectivity index (χ1n) is 7.08. The highest BCUT2D eigenvalue weighted by Gasteiger charge is 2.08. The number of hydrogen-bond acceptors (Lipinski definition) is 3. The van der Waals surface area contributed by atoms with E-state index in [1.165, 1.54) is 0 Å². The highest BCUT2D eigenvalue weighted by Crippen LogP contribution is 2.30. The minimum atomic E-state index is -0.0490. The smallest absolute Gasteiger partial charge is 0.256 e. The molecule has 2 aromatic carbocycles. The summed E-state index contributed by atoms with van der Waals surface area (Å²) < 4.78 is 0. The first kappa shape index (κ1) is 14.7. The topological polar surface area (TPSA) is 36.1 Å². The molecule has 112 valence electrons. The van der Waals surface area contributed by atoms with E-state index < -0.39 is 0 Å². The van der Waals surface area contributed by atoms with Gasteiger partial charge in [0, 0.05) is 35.6 Å². The SMILES string of the molecule is CSc1ccccc1-c1cc2ccc(N(C)C)cc2c(=O)[nH]1. The third kappa shape index (κ3) is 2.62. The minimum Gasteiger partial charge on any atom is -0.378 e. The van der Waals surface area contributed by atoms with Gasteiger partial charge in [-0.3, -0.25) is 4.79 Å². The summed E-state index contributed by atoms with van der Waals surface area (Å²) in [6.45, 7) is 0. The molecule has 0 aliphatic carbocycles. The van der Waals surface area contributed by atoms with Crippen molar-refractivity contribution in [2.24, 2.45) is 0 Å². The number of nitrogens with one attached hydrogen (secondary N) is 1. The Labute approximate surface area is 134 Å². The Hall–Kier alpha value is -2.20. The Bertz CT molecular complexity index is 884. The van der Waals surface area contributed by atoms with Crippen molar-refractivity contribution >= 4 is 28.2 Å². The molecule has 0 radical (unpaired) electrons. The highest BCUT2D eigenvalue weighted by molar-refractivity contribution is 7.98. The number of fused-ring (bicyclic) bond motifs is 1. The summed E-state index contributed by atoms with van der Waals surface area (Å²) in [7, 11) is 3.94. The fourth-order valence-electron chi connectivity index (χ4n) is 2.54. The lowest BCUT2D eigenvalue weighted by Crippen LogP contribution is -2.11. The van der Waals surface area contributed by atoms with E-state index >= 15 is 0 Å². The Morgan fingerprint density at radius 3 is 2.55 bits per heavy atom. The number of thioether (sulfide) groups is 1. The molecule has 0 aliphatic heterocycles. The van der Waals surface area contributed by atoms with Crippen molar-refractivity contribution in [3.63, 3.8) is 0 Å². The summed E-state index contributed by atoms with van der Waals surface area (Å²) in [5.74, 6) is 0. The molecule has 0 fully saturated rings. The van der Waals surface area contributed by atoms with Gasteiger partial charge in [-0.1, -0.05) is 24.3 Å². The molecule has 0 aliphatic rings. The molecule has 1 N–H and O–H groups in total. The number of H-pyrrole nitrogens is 1. The van der Waals surface area contributed by atoms with E-state index in [1.807, 2.05) is 67.7 Å². The molecule has 4 heteroatoms. The predicted molar refractivity (Wildman–Crippen MR) is 96.1 cm³/mol. The molecule has 0 saturated carbocycles. The Balaban J connectivity index is 2.22. The van der Waals surface area contributed by atoms with Gasteiger partial charge in [0.2, 0.25) is 0 Å². The van der Waals surface area contributed by atoms with Crippen LogP contribution in [-0.4, -0.2) is 25.3 Å². The van der Waals surface area contributed by atoms with Crippen LogP contribution in [0, 0.1) is 0 Å². The maximum absolute atomic E-state index is 12.5. The highest BCUT2D eigenvalue weighted by atomic mass is 32.2. The van der Waals surface area contributed by atoms with Crippen LogP contribution in [0.15, 0.2) is 58.2 Å². The average molecular weight is 310 g/mol. The van der Waals surface area contributed by atoms with Crippen LogP contribution in [0.3, 0.4) is 0 Å². The van der Waals surface area contributed by atoms with Crippen LogP contribution in [-0.2, 0) is 0 Å². The lowest BCUT2D eigenvalue weighted by atomic mass is 10.1. The molecule has 0 amide bonds. The minimum absolute atomic E-state index is 0.0490. The number of anilines is 1. The molecule has 22 heavy (non-hydrogen) atoms. The maximum atomic E-state index is 12.5. The molecule has 1 heterocycles. The molecule has 0 bridgehead atoms. The lowest BCUT2D eigenvalue weighted by molar-refractivity contribution is 1.13. The lowest BCUT2D eigenvalue weighted by Gasteiger charge is -2.13. The molecule has 0 atom stereocenters. The Morgan fingerprint density at radius 1 is 1.05 bits per heavy atom. The van der Waals surface area contributed by atoms with E-state index in [-0.39, 0.29) is 5.56 Å². The zero-order chi connectivity index (χ0) is 15.7. The van der Waals surface area contributed by atoms with Gasteiger partial charge >= 0.3 is 0 Å². The second kappa shape index (κ2) is 5.89. The van der Waals surface area contributed by atoms with Crippen molar-refractivity contribution in [3.05, 3.63) is 58.9 Å². The number of pyridine rings is 1. The fourth-order valence-corrected chi connectivity index (χ4v) is 3.15. The van der Waals surface area contributed by atoms with Gasteiger partial charge in [0.05, 0.1) is 5.69 Å². The number of aromatic nitrogens is 1. The summed E-state index contributed by atoms with van der Waals surface area (Å²) in [6.07, 6.45) is 2.04. The predicted octanol–water partition coefficient (Wildman–Crippen LogP) is 3.98. The van der Waals surface area contributed by atoms with Crippen LogP contribution in [0.5, 0.6) is 0 Å². The number of rotatable bonds is 3. The van der Waals surface area contributed by atoms with Crippen molar-refractivity contribution in [2.75, 3.05) is 25.3 Å². The molecular formula is C18H18N2OS. The van der Waals surface area contributed by atoms with Gasteiger partial charge < -0.3 is 9.88 Å². The van der Waals surface area contributed by atoms with Crippen molar-refractivity contribution < 1.29 is 0 Å². The second-order valence-electron chi connectivity index (χ2n) is 5.38. The van der Waals surface area contributed by atoms with Gasteiger partial charge in [0.25, 0.3) is 5.56 Å². The third-order valence-corrected chi connectivity index (χ3v) is 4.54.